The molecule has 1 heterocycles. The SMILES string of the molecule is COC(=O)[C@H](N[C@@H]1C2=C(CCCC2)C(=O)N1CCc1ccccc1)c1ccc(OC)c(OC)c1. The average Bonchev–Trinajstić information content (AvgIpc) is 3.16. The van der Waals surface area contributed by atoms with Gasteiger partial charge in [0.05, 0.1) is 21.3 Å². The first-order chi connectivity index (χ1) is 16.6. The van der Waals surface area contributed by atoms with E-state index in [9.17, 15) is 9.59 Å². The average molecular weight is 465 g/mol. The molecule has 2 atom stereocenters. The Bertz CT molecular complexity index is 1070. The lowest BCUT2D eigenvalue weighted by Crippen LogP contribution is -2.49. The van der Waals surface area contributed by atoms with E-state index in [4.69, 9.17) is 14.2 Å². The molecule has 0 aromatic heterocycles. The summed E-state index contributed by atoms with van der Waals surface area (Å²) in [6, 6.07) is 14.7. The molecule has 0 bridgehead atoms. The van der Waals surface area contributed by atoms with Crippen molar-refractivity contribution < 1.29 is 23.8 Å². The smallest absolute Gasteiger partial charge is 0.327 e. The van der Waals surface area contributed by atoms with Crippen LogP contribution in [-0.2, 0) is 20.7 Å². The monoisotopic (exact) mass is 464 g/mol. The Morgan fingerprint density at radius 1 is 1.03 bits per heavy atom. The van der Waals surface area contributed by atoms with Gasteiger partial charge in [0, 0.05) is 12.1 Å². The van der Waals surface area contributed by atoms with Gasteiger partial charge in [0.2, 0.25) is 0 Å². The molecule has 0 spiro atoms. The number of ether oxygens (including phenoxy) is 3. The van der Waals surface area contributed by atoms with E-state index < -0.39 is 12.0 Å². The second-order valence-electron chi connectivity index (χ2n) is 8.58. The molecule has 2 aromatic carbocycles. The predicted molar refractivity (Wildman–Crippen MR) is 129 cm³/mol. The van der Waals surface area contributed by atoms with Crippen molar-refractivity contribution in [2.45, 2.75) is 44.3 Å². The van der Waals surface area contributed by atoms with E-state index in [0.717, 1.165) is 43.3 Å². The fourth-order valence-corrected chi connectivity index (χ4v) is 4.88. The van der Waals surface area contributed by atoms with Crippen molar-refractivity contribution in [1.82, 2.24) is 10.2 Å². The van der Waals surface area contributed by atoms with Crippen LogP contribution in [0.5, 0.6) is 11.5 Å². The summed E-state index contributed by atoms with van der Waals surface area (Å²) < 4.78 is 15.9. The predicted octanol–water partition coefficient (Wildman–Crippen LogP) is 3.79. The van der Waals surface area contributed by atoms with Gasteiger partial charge in [-0.05, 0) is 60.9 Å². The van der Waals surface area contributed by atoms with E-state index in [1.807, 2.05) is 29.2 Å². The molecule has 1 amide bonds. The van der Waals surface area contributed by atoms with E-state index in [-0.39, 0.29) is 12.1 Å². The number of nitrogens with zero attached hydrogens (tertiary/aromatic N) is 1. The fourth-order valence-electron chi connectivity index (χ4n) is 4.88. The van der Waals surface area contributed by atoms with E-state index in [0.29, 0.717) is 23.6 Å². The minimum atomic E-state index is -0.768. The van der Waals surface area contributed by atoms with Crippen molar-refractivity contribution in [3.63, 3.8) is 0 Å². The molecule has 0 fully saturated rings. The lowest BCUT2D eigenvalue weighted by molar-refractivity contribution is -0.144. The number of hydrogen-bond donors (Lipinski definition) is 1. The van der Waals surface area contributed by atoms with Gasteiger partial charge in [-0.1, -0.05) is 36.4 Å². The minimum absolute atomic E-state index is 0.0686. The minimum Gasteiger partial charge on any atom is -0.493 e. The molecule has 34 heavy (non-hydrogen) atoms. The molecular weight excluding hydrogens is 432 g/mol. The third kappa shape index (κ3) is 4.80. The van der Waals surface area contributed by atoms with Crippen molar-refractivity contribution in [2.24, 2.45) is 0 Å². The highest BCUT2D eigenvalue weighted by molar-refractivity contribution is 5.98. The molecule has 1 aliphatic heterocycles. The van der Waals surface area contributed by atoms with Gasteiger partial charge in [-0.2, -0.15) is 0 Å². The molecule has 7 nitrogen and oxygen atoms in total. The van der Waals surface area contributed by atoms with Crippen LogP contribution in [0.15, 0.2) is 59.7 Å². The van der Waals surface area contributed by atoms with E-state index in [1.165, 1.54) is 12.7 Å². The number of rotatable bonds is 9. The number of nitrogens with one attached hydrogen (secondary N) is 1. The van der Waals surface area contributed by atoms with Crippen LogP contribution in [0.2, 0.25) is 0 Å². The van der Waals surface area contributed by atoms with Crippen molar-refractivity contribution in [1.29, 1.82) is 0 Å². The molecule has 0 saturated heterocycles. The Balaban J connectivity index is 1.64. The lowest BCUT2D eigenvalue weighted by atomic mass is 9.92. The number of benzene rings is 2. The first-order valence-corrected chi connectivity index (χ1v) is 11.7. The number of amides is 1. The maximum absolute atomic E-state index is 13.4. The Morgan fingerprint density at radius 3 is 2.47 bits per heavy atom. The van der Waals surface area contributed by atoms with Gasteiger partial charge < -0.3 is 19.1 Å². The molecule has 1 N–H and O–H groups in total. The highest BCUT2D eigenvalue weighted by Gasteiger charge is 2.41. The van der Waals surface area contributed by atoms with Crippen molar-refractivity contribution in [3.8, 4) is 11.5 Å². The Kier molecular flexibility index (Phi) is 7.53. The second kappa shape index (κ2) is 10.7. The highest BCUT2D eigenvalue weighted by Crippen LogP contribution is 2.37. The normalized spacial score (nSPS) is 18.5. The fraction of sp³-hybridized carbons (Fsp3) is 0.407. The van der Waals surface area contributed by atoms with Gasteiger partial charge in [0.25, 0.3) is 5.91 Å². The van der Waals surface area contributed by atoms with E-state index in [1.54, 1.807) is 26.4 Å². The zero-order valence-electron chi connectivity index (χ0n) is 20.0. The van der Waals surface area contributed by atoms with Crippen LogP contribution in [0.4, 0.5) is 0 Å². The third-order valence-corrected chi connectivity index (χ3v) is 6.66. The molecule has 180 valence electrons. The molecule has 0 saturated carbocycles. The Labute approximate surface area is 200 Å². The summed E-state index contributed by atoms with van der Waals surface area (Å²) in [4.78, 5) is 28.2. The lowest BCUT2D eigenvalue weighted by Gasteiger charge is -2.31. The zero-order chi connectivity index (χ0) is 24.1. The van der Waals surface area contributed by atoms with Gasteiger partial charge in [0.1, 0.15) is 12.2 Å². The Morgan fingerprint density at radius 2 is 1.76 bits per heavy atom. The zero-order valence-corrected chi connectivity index (χ0v) is 20.0. The summed E-state index contributed by atoms with van der Waals surface area (Å²) in [5.41, 5.74) is 3.85. The molecule has 0 unspecified atom stereocenters. The highest BCUT2D eigenvalue weighted by atomic mass is 16.5. The maximum Gasteiger partial charge on any atom is 0.327 e. The summed E-state index contributed by atoms with van der Waals surface area (Å²) >= 11 is 0. The van der Waals surface area contributed by atoms with Crippen LogP contribution in [0.25, 0.3) is 0 Å². The van der Waals surface area contributed by atoms with Crippen molar-refractivity contribution in [3.05, 3.63) is 70.8 Å². The third-order valence-electron chi connectivity index (χ3n) is 6.66. The van der Waals surface area contributed by atoms with Gasteiger partial charge in [0.15, 0.2) is 11.5 Å². The number of hydrogen-bond acceptors (Lipinski definition) is 6. The summed E-state index contributed by atoms with van der Waals surface area (Å²) in [5.74, 6) is 0.746. The molecular formula is C27H32N2O5. The van der Waals surface area contributed by atoms with Crippen LogP contribution in [0.1, 0.15) is 42.9 Å². The van der Waals surface area contributed by atoms with Gasteiger partial charge in [-0.25, -0.2) is 4.79 Å². The molecule has 4 rings (SSSR count). The first kappa shape index (κ1) is 23.8. The molecule has 0 radical (unpaired) electrons. The van der Waals surface area contributed by atoms with Gasteiger partial charge >= 0.3 is 5.97 Å². The summed E-state index contributed by atoms with van der Waals surface area (Å²) in [6.07, 6.45) is 4.07. The van der Waals surface area contributed by atoms with Crippen LogP contribution in [0.3, 0.4) is 0 Å². The first-order valence-electron chi connectivity index (χ1n) is 11.7. The van der Waals surface area contributed by atoms with Crippen LogP contribution >= 0.6 is 0 Å². The molecule has 2 aromatic rings. The van der Waals surface area contributed by atoms with Crippen molar-refractivity contribution in [2.75, 3.05) is 27.9 Å². The number of esters is 1. The van der Waals surface area contributed by atoms with Crippen LogP contribution in [-0.4, -0.2) is 50.8 Å². The number of carbonyl (C=O) groups is 2. The van der Waals surface area contributed by atoms with E-state index in [2.05, 4.69) is 17.4 Å². The maximum atomic E-state index is 13.4. The summed E-state index contributed by atoms with van der Waals surface area (Å²) in [6.45, 7) is 0.563. The van der Waals surface area contributed by atoms with E-state index >= 15 is 0 Å². The number of carbonyl (C=O) groups excluding carboxylic acids is 2. The molecule has 7 heteroatoms. The molecule has 2 aliphatic rings. The standard InChI is InChI=1S/C27H32N2O5/c1-32-22-14-13-19(17-23(22)33-2)24(27(31)34-3)28-25-20-11-7-8-12-21(20)26(30)29(25)16-15-18-9-5-4-6-10-18/h4-6,9-10,13-14,17,24-25,28H,7-8,11-12,15-16H2,1-3H3/t24-,25+/m1/s1. The summed E-state index contributed by atoms with van der Waals surface area (Å²) in [7, 11) is 4.50. The van der Waals surface area contributed by atoms with Crippen molar-refractivity contribution >= 4 is 11.9 Å². The second-order valence-corrected chi connectivity index (χ2v) is 8.58. The number of methoxy groups -OCH3 is 3. The molecule has 1 aliphatic carbocycles. The topological polar surface area (TPSA) is 77.1 Å². The quantitative estimate of drug-likeness (QED) is 0.569. The Hall–Kier alpha value is -3.32. The van der Waals surface area contributed by atoms with Crippen LogP contribution in [0, 0.1) is 0 Å². The van der Waals surface area contributed by atoms with Gasteiger partial charge in [-0.15, -0.1) is 0 Å². The van der Waals surface area contributed by atoms with Gasteiger partial charge in [-0.3, -0.25) is 10.1 Å². The summed E-state index contributed by atoms with van der Waals surface area (Å²) in [5, 5.41) is 3.46. The van der Waals surface area contributed by atoms with Crippen LogP contribution < -0.4 is 14.8 Å². The largest absolute Gasteiger partial charge is 0.493 e.